The van der Waals surface area contributed by atoms with Gasteiger partial charge in [0, 0.05) is 11.3 Å². The van der Waals surface area contributed by atoms with Crippen LogP contribution in [0.5, 0.6) is 11.5 Å². The molecule has 8 nitrogen and oxygen atoms in total. The van der Waals surface area contributed by atoms with Gasteiger partial charge in [-0.25, -0.2) is 9.69 Å². The van der Waals surface area contributed by atoms with Crippen LogP contribution in [-0.4, -0.2) is 36.4 Å². The lowest BCUT2D eigenvalue weighted by molar-refractivity contribution is -0.127. The van der Waals surface area contributed by atoms with Gasteiger partial charge in [-0.1, -0.05) is 61.5 Å². The molecule has 2 N–H and O–H groups in total. The van der Waals surface area contributed by atoms with Gasteiger partial charge in [-0.2, -0.15) is 0 Å². The Morgan fingerprint density at radius 2 is 1.79 bits per heavy atom. The van der Waals surface area contributed by atoms with E-state index in [0.29, 0.717) is 35.8 Å². The molecule has 0 radical (unpaired) electrons. The number of aryl methyl sites for hydroxylation is 1. The van der Waals surface area contributed by atoms with Gasteiger partial charge in [0.1, 0.15) is 18.8 Å². The second-order valence-corrected chi connectivity index (χ2v) is 8.92. The molecule has 39 heavy (non-hydrogen) atoms. The number of carbonyl (C=O) groups is 3. The Bertz CT molecular complexity index is 1410. The van der Waals surface area contributed by atoms with Crippen molar-refractivity contribution in [3.8, 4) is 11.5 Å². The third kappa shape index (κ3) is 6.54. The number of ether oxygens (including phenoxy) is 2. The Morgan fingerprint density at radius 1 is 1.05 bits per heavy atom. The van der Waals surface area contributed by atoms with E-state index >= 15 is 0 Å². The Hall–Kier alpha value is -4.85. The van der Waals surface area contributed by atoms with E-state index in [2.05, 4.69) is 17.2 Å². The highest BCUT2D eigenvalue weighted by atomic mass is 16.5. The largest absolute Gasteiger partial charge is 0.493 e. The molecular weight excluding hydrogens is 494 g/mol. The second kappa shape index (κ2) is 12.6. The number of rotatable bonds is 11. The van der Waals surface area contributed by atoms with Crippen molar-refractivity contribution in [1.82, 2.24) is 10.2 Å². The first-order valence-electron chi connectivity index (χ1n) is 12.6. The van der Waals surface area contributed by atoms with E-state index in [1.54, 1.807) is 31.4 Å². The molecule has 0 spiro atoms. The minimum atomic E-state index is -0.661. The van der Waals surface area contributed by atoms with E-state index in [9.17, 15) is 14.4 Å². The lowest BCUT2D eigenvalue weighted by atomic mass is 10.0. The summed E-state index contributed by atoms with van der Waals surface area (Å²) in [7, 11) is 1.54. The van der Waals surface area contributed by atoms with Crippen molar-refractivity contribution < 1.29 is 23.9 Å². The standard InChI is InChI=1S/C31H31N3O5/c1-4-11-24-16-22(18-27(38-3)29(24)39-20-21-12-7-6-8-13-21)17-26-30(36)34(31(37)33-26)19-28(35)32-25-15-10-9-14-23(25)5-2/h4,6-10,12-18H,1,5,11,19-20H2,2-3H3,(H,32,35)(H,33,37)/b26-17+. The summed E-state index contributed by atoms with van der Waals surface area (Å²) in [6.45, 7) is 5.77. The number of carbonyl (C=O) groups excluding carboxylic acids is 3. The van der Waals surface area contributed by atoms with Gasteiger partial charge in [0.15, 0.2) is 11.5 Å². The van der Waals surface area contributed by atoms with Gasteiger partial charge in [0.25, 0.3) is 5.91 Å². The highest BCUT2D eigenvalue weighted by Crippen LogP contribution is 2.35. The first kappa shape index (κ1) is 27.2. The average Bonchev–Trinajstić information content (AvgIpc) is 3.20. The third-order valence-corrected chi connectivity index (χ3v) is 6.21. The first-order valence-corrected chi connectivity index (χ1v) is 12.6. The molecule has 1 fully saturated rings. The molecule has 0 atom stereocenters. The lowest BCUT2D eigenvalue weighted by Crippen LogP contribution is -2.38. The molecule has 3 aromatic carbocycles. The summed E-state index contributed by atoms with van der Waals surface area (Å²) in [5.74, 6) is 0.0126. The number of imide groups is 1. The van der Waals surface area contributed by atoms with E-state index in [0.717, 1.165) is 28.0 Å². The first-order chi connectivity index (χ1) is 18.9. The molecular formula is C31H31N3O5. The molecule has 1 heterocycles. The van der Waals surface area contributed by atoms with Crippen molar-refractivity contribution >= 4 is 29.6 Å². The summed E-state index contributed by atoms with van der Waals surface area (Å²) >= 11 is 0. The fraction of sp³-hybridized carbons (Fsp3) is 0.194. The van der Waals surface area contributed by atoms with Gasteiger partial charge in [-0.15, -0.1) is 6.58 Å². The monoisotopic (exact) mass is 525 g/mol. The highest BCUT2D eigenvalue weighted by molar-refractivity contribution is 6.16. The molecule has 0 aromatic heterocycles. The zero-order valence-electron chi connectivity index (χ0n) is 22.0. The second-order valence-electron chi connectivity index (χ2n) is 8.92. The van der Waals surface area contributed by atoms with Gasteiger partial charge >= 0.3 is 6.03 Å². The number of para-hydroxylation sites is 1. The third-order valence-electron chi connectivity index (χ3n) is 6.21. The molecule has 1 aliphatic rings. The van der Waals surface area contributed by atoms with Crippen molar-refractivity contribution in [2.75, 3.05) is 19.0 Å². The van der Waals surface area contributed by atoms with Crippen LogP contribution in [0.4, 0.5) is 10.5 Å². The van der Waals surface area contributed by atoms with Crippen molar-refractivity contribution in [2.45, 2.75) is 26.4 Å². The molecule has 4 rings (SSSR count). The number of hydrogen-bond acceptors (Lipinski definition) is 5. The zero-order chi connectivity index (χ0) is 27.8. The summed E-state index contributed by atoms with van der Waals surface area (Å²) < 4.78 is 11.7. The number of hydrogen-bond donors (Lipinski definition) is 2. The quantitative estimate of drug-likeness (QED) is 0.206. The van der Waals surface area contributed by atoms with Crippen LogP contribution in [0.15, 0.2) is 85.1 Å². The minimum Gasteiger partial charge on any atom is -0.493 e. The number of nitrogens with zero attached hydrogens (tertiary/aromatic N) is 1. The average molecular weight is 526 g/mol. The molecule has 3 aromatic rings. The van der Waals surface area contributed by atoms with Gasteiger partial charge in [0.05, 0.1) is 7.11 Å². The maximum Gasteiger partial charge on any atom is 0.329 e. The van der Waals surface area contributed by atoms with Crippen molar-refractivity contribution in [1.29, 1.82) is 0 Å². The number of benzene rings is 3. The Kier molecular flexibility index (Phi) is 8.78. The van der Waals surface area contributed by atoms with Crippen LogP contribution in [0.3, 0.4) is 0 Å². The molecule has 1 aliphatic heterocycles. The van der Waals surface area contributed by atoms with Gasteiger partial charge < -0.3 is 20.1 Å². The molecule has 0 bridgehead atoms. The number of urea groups is 1. The normalized spacial score (nSPS) is 13.8. The maximum absolute atomic E-state index is 13.0. The molecule has 4 amide bonds. The van der Waals surface area contributed by atoms with E-state index in [-0.39, 0.29) is 5.70 Å². The van der Waals surface area contributed by atoms with Gasteiger partial charge in [-0.3, -0.25) is 9.59 Å². The number of anilines is 1. The van der Waals surface area contributed by atoms with E-state index in [4.69, 9.17) is 9.47 Å². The van der Waals surface area contributed by atoms with Crippen molar-refractivity contribution in [3.63, 3.8) is 0 Å². The van der Waals surface area contributed by atoms with Gasteiger partial charge in [0.2, 0.25) is 5.91 Å². The molecule has 0 unspecified atom stereocenters. The van der Waals surface area contributed by atoms with Crippen molar-refractivity contribution in [3.05, 3.63) is 107 Å². The Labute approximate surface area is 227 Å². The lowest BCUT2D eigenvalue weighted by Gasteiger charge is -2.16. The molecule has 200 valence electrons. The molecule has 1 saturated heterocycles. The highest BCUT2D eigenvalue weighted by Gasteiger charge is 2.35. The van der Waals surface area contributed by atoms with Crippen LogP contribution in [-0.2, 0) is 29.0 Å². The van der Waals surface area contributed by atoms with Crippen LogP contribution in [0, 0.1) is 0 Å². The zero-order valence-corrected chi connectivity index (χ0v) is 22.0. The number of allylic oxidation sites excluding steroid dienone is 1. The van der Waals surface area contributed by atoms with Crippen LogP contribution in [0.25, 0.3) is 6.08 Å². The van der Waals surface area contributed by atoms with E-state index < -0.39 is 24.4 Å². The smallest absolute Gasteiger partial charge is 0.329 e. The van der Waals surface area contributed by atoms with E-state index in [1.807, 2.05) is 61.5 Å². The summed E-state index contributed by atoms with van der Waals surface area (Å²) in [4.78, 5) is 39.2. The Morgan fingerprint density at radius 3 is 2.51 bits per heavy atom. The molecule has 8 heteroatoms. The topological polar surface area (TPSA) is 97.0 Å². The van der Waals surface area contributed by atoms with Gasteiger partial charge in [-0.05, 0) is 53.8 Å². The molecule has 0 aliphatic carbocycles. The summed E-state index contributed by atoms with van der Waals surface area (Å²) in [6, 6.07) is 20.1. The number of amides is 4. The van der Waals surface area contributed by atoms with Crippen LogP contribution in [0.1, 0.15) is 29.2 Å². The maximum atomic E-state index is 13.0. The van der Waals surface area contributed by atoms with E-state index in [1.165, 1.54) is 0 Å². The predicted molar refractivity (Wildman–Crippen MR) is 150 cm³/mol. The summed E-state index contributed by atoms with van der Waals surface area (Å²) in [5.41, 5.74) is 4.13. The van der Waals surface area contributed by atoms with Crippen molar-refractivity contribution in [2.24, 2.45) is 0 Å². The fourth-order valence-electron chi connectivity index (χ4n) is 4.28. The number of nitrogens with one attached hydrogen (secondary N) is 2. The van der Waals surface area contributed by atoms with Crippen LogP contribution >= 0.6 is 0 Å². The fourth-order valence-corrected chi connectivity index (χ4v) is 4.28. The van der Waals surface area contributed by atoms with Crippen LogP contribution in [0.2, 0.25) is 0 Å². The summed E-state index contributed by atoms with van der Waals surface area (Å²) in [5, 5.41) is 5.36. The van der Waals surface area contributed by atoms with Crippen LogP contribution < -0.4 is 20.1 Å². The summed E-state index contributed by atoms with van der Waals surface area (Å²) in [6.07, 6.45) is 4.55. The predicted octanol–water partition coefficient (Wildman–Crippen LogP) is 5.10. The molecule has 0 saturated carbocycles. The minimum absolute atomic E-state index is 0.0614. The number of methoxy groups -OCH3 is 1. The SMILES string of the molecule is C=CCc1cc(/C=C2/NC(=O)N(CC(=O)Nc3ccccc3CC)C2=O)cc(OC)c1OCc1ccccc1. The Balaban J connectivity index is 1.52.